The van der Waals surface area contributed by atoms with E-state index in [4.69, 9.17) is 6.42 Å². The number of hydrogen-bond donors (Lipinski definition) is 0. The highest BCUT2D eigenvalue weighted by Crippen LogP contribution is 2.18. The van der Waals surface area contributed by atoms with Crippen molar-refractivity contribution in [1.82, 2.24) is 0 Å². The summed E-state index contributed by atoms with van der Waals surface area (Å²) in [6.45, 7) is 0. The van der Waals surface area contributed by atoms with Gasteiger partial charge in [0.05, 0.1) is 7.11 Å². The van der Waals surface area contributed by atoms with Gasteiger partial charge in [0, 0.05) is 5.56 Å². The van der Waals surface area contributed by atoms with E-state index in [2.05, 4.69) is 4.74 Å². The topological polar surface area (TPSA) is 26.3 Å². The molecular formula is C10H7FO2. The van der Waals surface area contributed by atoms with Gasteiger partial charge in [-0.25, -0.2) is 4.39 Å². The Morgan fingerprint density at radius 3 is 2.85 bits per heavy atom. The summed E-state index contributed by atoms with van der Waals surface area (Å²) in [7, 11) is 1.32. The van der Waals surface area contributed by atoms with Crippen LogP contribution in [0.2, 0.25) is 0 Å². The lowest BCUT2D eigenvalue weighted by Gasteiger charge is -2.01. The third-order valence-corrected chi connectivity index (χ3v) is 1.54. The van der Waals surface area contributed by atoms with Crippen LogP contribution in [0, 0.1) is 18.2 Å². The molecule has 0 bridgehead atoms. The molecule has 0 saturated carbocycles. The molecule has 0 aliphatic heterocycles. The van der Waals surface area contributed by atoms with E-state index in [1.807, 2.05) is 5.92 Å². The van der Waals surface area contributed by atoms with Crippen LogP contribution in [0.15, 0.2) is 18.2 Å². The molecule has 0 N–H and O–H groups in total. The SMILES string of the molecule is C#CC(=O)c1ccc(F)c(OC)c1. The molecular weight excluding hydrogens is 171 g/mol. The Morgan fingerprint density at radius 1 is 1.62 bits per heavy atom. The molecule has 0 aromatic heterocycles. The number of ether oxygens (including phenoxy) is 1. The second kappa shape index (κ2) is 3.72. The lowest BCUT2D eigenvalue weighted by molar-refractivity contribution is 0.105. The molecule has 66 valence electrons. The van der Waals surface area contributed by atoms with Crippen molar-refractivity contribution in [3.63, 3.8) is 0 Å². The Kier molecular flexibility index (Phi) is 2.65. The lowest BCUT2D eigenvalue weighted by atomic mass is 10.1. The monoisotopic (exact) mass is 178 g/mol. The van der Waals surface area contributed by atoms with E-state index in [0.29, 0.717) is 0 Å². The second-order valence-electron chi connectivity index (χ2n) is 2.32. The van der Waals surface area contributed by atoms with Crippen molar-refractivity contribution >= 4 is 5.78 Å². The molecule has 2 nitrogen and oxygen atoms in total. The first kappa shape index (κ1) is 9.27. The third kappa shape index (κ3) is 1.85. The van der Waals surface area contributed by atoms with E-state index < -0.39 is 11.6 Å². The quantitative estimate of drug-likeness (QED) is 0.391. The maximum Gasteiger partial charge on any atom is 0.235 e. The molecule has 0 heterocycles. The molecule has 1 rings (SSSR count). The van der Waals surface area contributed by atoms with E-state index in [9.17, 15) is 9.18 Å². The van der Waals surface area contributed by atoms with Gasteiger partial charge in [-0.05, 0) is 24.1 Å². The molecule has 0 amide bonds. The number of benzene rings is 1. The molecule has 1 aromatic rings. The fourth-order valence-corrected chi connectivity index (χ4v) is 0.884. The number of hydrogen-bond acceptors (Lipinski definition) is 2. The summed E-state index contributed by atoms with van der Waals surface area (Å²) in [6, 6.07) is 3.74. The van der Waals surface area contributed by atoms with Gasteiger partial charge >= 0.3 is 0 Å². The van der Waals surface area contributed by atoms with Gasteiger partial charge in [-0.3, -0.25) is 4.79 Å². The van der Waals surface area contributed by atoms with Gasteiger partial charge in [0.15, 0.2) is 11.6 Å². The molecule has 0 fully saturated rings. The van der Waals surface area contributed by atoms with Crippen molar-refractivity contribution in [3.8, 4) is 18.1 Å². The van der Waals surface area contributed by atoms with Crippen LogP contribution in [0.1, 0.15) is 10.4 Å². The summed E-state index contributed by atoms with van der Waals surface area (Å²) < 4.78 is 17.5. The highest BCUT2D eigenvalue weighted by atomic mass is 19.1. The highest BCUT2D eigenvalue weighted by Gasteiger charge is 2.07. The van der Waals surface area contributed by atoms with Crippen molar-refractivity contribution in [3.05, 3.63) is 29.6 Å². The molecule has 0 atom stereocenters. The van der Waals surface area contributed by atoms with Crippen molar-refractivity contribution in [1.29, 1.82) is 0 Å². The van der Waals surface area contributed by atoms with E-state index in [1.165, 1.54) is 19.2 Å². The average Bonchev–Trinajstić information content (AvgIpc) is 2.17. The molecule has 0 spiro atoms. The molecule has 1 aromatic carbocycles. The van der Waals surface area contributed by atoms with Crippen LogP contribution in [-0.4, -0.2) is 12.9 Å². The van der Waals surface area contributed by atoms with Crippen molar-refractivity contribution < 1.29 is 13.9 Å². The molecule has 0 radical (unpaired) electrons. The maximum atomic E-state index is 12.8. The fourth-order valence-electron chi connectivity index (χ4n) is 0.884. The Labute approximate surface area is 75.3 Å². The summed E-state index contributed by atoms with van der Waals surface area (Å²) in [4.78, 5) is 11.0. The van der Waals surface area contributed by atoms with Crippen molar-refractivity contribution in [2.24, 2.45) is 0 Å². The smallest absolute Gasteiger partial charge is 0.235 e. The molecule has 3 heteroatoms. The standard InChI is InChI=1S/C10H7FO2/c1-3-9(12)7-4-5-8(11)10(6-7)13-2/h1,4-6H,2H3. The molecule has 0 unspecified atom stereocenters. The summed E-state index contributed by atoms with van der Waals surface area (Å²) in [5.41, 5.74) is 0.251. The number of halogens is 1. The van der Waals surface area contributed by atoms with E-state index >= 15 is 0 Å². The first-order valence-electron chi connectivity index (χ1n) is 3.53. The average molecular weight is 178 g/mol. The maximum absolute atomic E-state index is 12.8. The zero-order chi connectivity index (χ0) is 9.84. The number of carbonyl (C=O) groups is 1. The molecule has 0 aliphatic carbocycles. The summed E-state index contributed by atoms with van der Waals surface area (Å²) >= 11 is 0. The van der Waals surface area contributed by atoms with Gasteiger partial charge in [-0.2, -0.15) is 0 Å². The second-order valence-corrected chi connectivity index (χ2v) is 2.32. The number of rotatable bonds is 2. The third-order valence-electron chi connectivity index (χ3n) is 1.54. The summed E-state index contributed by atoms with van der Waals surface area (Å²) in [5.74, 6) is 0.945. The Morgan fingerprint density at radius 2 is 2.31 bits per heavy atom. The molecule has 0 saturated heterocycles. The number of carbonyl (C=O) groups excluding carboxylic acids is 1. The first-order valence-corrected chi connectivity index (χ1v) is 3.53. The van der Waals surface area contributed by atoms with Crippen LogP contribution in [0.5, 0.6) is 5.75 Å². The molecule has 0 aliphatic rings. The van der Waals surface area contributed by atoms with Gasteiger partial charge in [-0.1, -0.05) is 0 Å². The number of terminal acetylenes is 1. The van der Waals surface area contributed by atoms with E-state index in [0.717, 1.165) is 6.07 Å². The van der Waals surface area contributed by atoms with Crippen LogP contribution < -0.4 is 4.74 Å². The van der Waals surface area contributed by atoms with Gasteiger partial charge in [0.2, 0.25) is 5.78 Å². The van der Waals surface area contributed by atoms with Crippen LogP contribution >= 0.6 is 0 Å². The van der Waals surface area contributed by atoms with Crippen LogP contribution in [0.25, 0.3) is 0 Å². The largest absolute Gasteiger partial charge is 0.494 e. The van der Waals surface area contributed by atoms with Crippen molar-refractivity contribution in [2.75, 3.05) is 7.11 Å². The Balaban J connectivity index is 3.15. The van der Waals surface area contributed by atoms with Crippen LogP contribution in [0.3, 0.4) is 0 Å². The van der Waals surface area contributed by atoms with Crippen LogP contribution in [-0.2, 0) is 0 Å². The fraction of sp³-hybridized carbons (Fsp3) is 0.100. The minimum atomic E-state index is -0.518. The Hall–Kier alpha value is -1.82. The summed E-state index contributed by atoms with van der Waals surface area (Å²) in [5, 5.41) is 0. The number of methoxy groups -OCH3 is 1. The van der Waals surface area contributed by atoms with Crippen LogP contribution in [0.4, 0.5) is 4.39 Å². The van der Waals surface area contributed by atoms with Crippen molar-refractivity contribution in [2.45, 2.75) is 0 Å². The highest BCUT2D eigenvalue weighted by molar-refractivity contribution is 6.08. The van der Waals surface area contributed by atoms with Gasteiger partial charge < -0.3 is 4.74 Å². The predicted octanol–water partition coefficient (Wildman–Crippen LogP) is 1.65. The summed E-state index contributed by atoms with van der Waals surface area (Å²) in [6.07, 6.45) is 4.90. The minimum absolute atomic E-state index is 0.0149. The lowest BCUT2D eigenvalue weighted by Crippen LogP contribution is -1.96. The zero-order valence-corrected chi connectivity index (χ0v) is 7.00. The van der Waals surface area contributed by atoms with Gasteiger partial charge in [0.1, 0.15) is 0 Å². The number of ketones is 1. The number of Topliss-reactive ketones (excluding diaryl/α,β-unsaturated/α-hetero) is 1. The molecule has 13 heavy (non-hydrogen) atoms. The van der Waals surface area contributed by atoms with E-state index in [-0.39, 0.29) is 11.3 Å². The zero-order valence-electron chi connectivity index (χ0n) is 7.00. The van der Waals surface area contributed by atoms with Gasteiger partial charge in [0.25, 0.3) is 0 Å². The predicted molar refractivity (Wildman–Crippen MR) is 46.1 cm³/mol. The van der Waals surface area contributed by atoms with Gasteiger partial charge in [-0.15, -0.1) is 6.42 Å². The normalized spacial score (nSPS) is 9.00. The Bertz CT molecular complexity index is 377. The minimum Gasteiger partial charge on any atom is -0.494 e. The first-order chi connectivity index (χ1) is 6.19. The van der Waals surface area contributed by atoms with E-state index in [1.54, 1.807) is 0 Å².